The van der Waals surface area contributed by atoms with Gasteiger partial charge in [-0.3, -0.25) is 0 Å². The van der Waals surface area contributed by atoms with Gasteiger partial charge < -0.3 is 37.9 Å². The van der Waals surface area contributed by atoms with E-state index in [-0.39, 0.29) is 12.6 Å². The lowest BCUT2D eigenvalue weighted by Crippen LogP contribution is -2.31. The van der Waals surface area contributed by atoms with Gasteiger partial charge >= 0.3 is 0 Å². The summed E-state index contributed by atoms with van der Waals surface area (Å²) < 4.78 is 42.0. The van der Waals surface area contributed by atoms with Crippen LogP contribution in [-0.2, 0) is 37.9 Å². The van der Waals surface area contributed by atoms with Crippen molar-refractivity contribution in [2.45, 2.75) is 474 Å². The Morgan fingerprint density at radius 2 is 0.519 bits per heavy atom. The molecule has 12 unspecified atom stereocenters. The van der Waals surface area contributed by atoms with E-state index in [1.165, 1.54) is 234 Å². The second-order valence-corrected chi connectivity index (χ2v) is 46.3. The number of hydrogen-bond donors (Lipinski definition) is 0. The van der Waals surface area contributed by atoms with Crippen molar-refractivity contribution in [3.63, 3.8) is 0 Å². The Morgan fingerprint density at radius 1 is 0.230 bits per heavy atom. The fourth-order valence-electron chi connectivity index (χ4n) is 17.0. The molecule has 12 atom stereocenters. The average Bonchev–Trinajstić information content (AvgIpc) is 0.869. The van der Waals surface area contributed by atoms with E-state index in [4.69, 9.17) is 37.9 Å². The molecule has 2 saturated carbocycles. The normalized spacial score (nSPS) is 28.2. The number of rotatable bonds is 0. The van der Waals surface area contributed by atoms with Crippen LogP contribution in [0.1, 0.15) is 421 Å². The molecule has 5 aliphatic heterocycles. The molecule has 7 aliphatic carbocycles. The molecule has 5 heterocycles. The van der Waals surface area contributed by atoms with E-state index in [0.717, 1.165) is 118 Å². The third-order valence-electron chi connectivity index (χ3n) is 29.1. The predicted octanol–water partition coefficient (Wildman–Crippen LogP) is 37.4. The van der Waals surface area contributed by atoms with Crippen LogP contribution in [0.5, 0.6) is 0 Å². The molecule has 16 rings (SSSR count). The quantitative estimate of drug-likeness (QED) is 0.161. The minimum Gasteiger partial charge on any atom is -0.378 e. The molecule has 0 bridgehead atoms. The minimum absolute atomic E-state index is 0.0196. The lowest BCUT2D eigenvalue weighted by molar-refractivity contribution is -0.187. The number of benzene rings is 4. The van der Waals surface area contributed by atoms with Gasteiger partial charge in [0.25, 0.3) is 0 Å². The fraction of sp³-hybridized carbons (Fsp3) is 0.732. The maximum Gasteiger partial charge on any atom is 0.154 e. The molecule has 4 aromatic carbocycles. The Hall–Kier alpha value is -4.74. The van der Waals surface area contributed by atoms with E-state index in [1.807, 2.05) is 27.7 Å². The molecule has 0 spiro atoms. The summed E-state index contributed by atoms with van der Waals surface area (Å²) in [5.41, 5.74) is 26.8. The zero-order valence-corrected chi connectivity index (χ0v) is 96.0. The Balaban J connectivity index is 0.000000720. The number of hydrogen-bond acceptors (Lipinski definition) is 8. The summed E-state index contributed by atoms with van der Waals surface area (Å²) in [5, 5.41) is 0. The zero-order valence-electron chi connectivity index (χ0n) is 96.0. The van der Waals surface area contributed by atoms with Gasteiger partial charge in [0.1, 0.15) is 0 Å². The first-order valence-electron chi connectivity index (χ1n) is 54.8. The largest absolute Gasteiger partial charge is 0.378 e. The number of allylic oxidation sites excluding steroid dienone is 10. The minimum atomic E-state index is 0.0196. The van der Waals surface area contributed by atoms with Gasteiger partial charge in [0.15, 0.2) is 12.6 Å². The Bertz CT molecular complexity index is 3400. The average molecular weight is 1880 g/mol. The van der Waals surface area contributed by atoms with E-state index in [2.05, 4.69) is 339 Å². The first-order valence-corrected chi connectivity index (χ1v) is 54.8. The van der Waals surface area contributed by atoms with Gasteiger partial charge in [0.05, 0.1) is 64.1 Å². The molecule has 8 nitrogen and oxygen atoms in total. The summed E-state index contributed by atoms with van der Waals surface area (Å²) in [4.78, 5) is 0. The molecule has 135 heavy (non-hydrogen) atoms. The Labute approximate surface area is 839 Å². The molecular formula is C127H220O8. The third kappa shape index (κ3) is 68.2. The SMILES string of the molecule is CC1=C(C)CC(C)CC1.CC1=C(C)CC(C)CC1.CC1=CCC(C)CC1.CC1=CCC(C)CC1.CC1C=CC(C)CC1.CC1CCC(C)(C)CC1.CC1CCC(C)CC1.CC1CCC(C)OC1.CC1CCC(C)OC1.CC1COC(C)CO1.CC1COC(C)OC1.CC1COC(C)OC1.Cc1cc(C)c(C)c(C)c1.Cc1ccc(C)c(C)c1.Cc1ccc(C)c(C)c1.Cc1ccc(C)cc1. The van der Waals surface area contributed by atoms with Crippen molar-refractivity contribution in [2.75, 3.05) is 52.9 Å². The molecule has 8 heteroatoms. The molecule has 7 fully saturated rings. The summed E-state index contributed by atoms with van der Waals surface area (Å²) in [6.07, 6.45) is 47.0. The van der Waals surface area contributed by atoms with Crippen molar-refractivity contribution < 1.29 is 37.9 Å². The first-order chi connectivity index (χ1) is 63.4. The summed E-state index contributed by atoms with van der Waals surface area (Å²) in [6.45, 7) is 92.6. The van der Waals surface area contributed by atoms with Gasteiger partial charge in [-0.2, -0.15) is 0 Å². The smallest absolute Gasteiger partial charge is 0.154 e. The van der Waals surface area contributed by atoms with Crippen LogP contribution in [0.15, 0.2) is 131 Å². The monoisotopic (exact) mass is 1870 g/mol. The zero-order chi connectivity index (χ0) is 102. The summed E-state index contributed by atoms with van der Waals surface area (Å²) in [6, 6.07) is 25.9. The first kappa shape index (κ1) is 128. The van der Waals surface area contributed by atoms with Crippen molar-refractivity contribution in [1.82, 2.24) is 0 Å². The standard InChI is InChI=1S/C10H14.C9H18.2C9H16.2C9H12.C8H16.3C8H14.C8H10.2C7H14O.3C6H12O2/c1-7-5-8(2)10(4)9(3)6-7;1-8-4-6-9(2,3)7-5-8;4*1-7-4-5-8(2)9(3)6-7;5*1-7-3-5-8(2)6-4-7;2*1-6-3-4-7(2)8-5-6;1-5-3-8-6(2)4-7-5;2*1-5-3-7-6(2)8-4-5/h5-6H,1-4H3;8H,4-7H2,1-3H3;2*7H,4-6H2,1-3H3;2*4-6H,1-3H3;7-8H,3-6H2,1-2H3;2*3,8H,4-6H2,1-2H3;3,5,7-8H,4,6H2,1-2H3;3-6H,1-2H3;2*6-7H,3-5H2,1-2H3;3*5-6H,3-4H2,1-2H3. The maximum absolute atomic E-state index is 5.39. The fourth-order valence-corrected chi connectivity index (χ4v) is 17.0. The van der Waals surface area contributed by atoms with Gasteiger partial charge in [-0.05, 0) is 404 Å². The van der Waals surface area contributed by atoms with Crippen LogP contribution in [-0.4, -0.2) is 89.9 Å². The van der Waals surface area contributed by atoms with Crippen LogP contribution in [0, 0.1) is 165 Å². The van der Waals surface area contributed by atoms with Gasteiger partial charge in [-0.25, -0.2) is 0 Å². The number of aryl methyl sites for hydroxylation is 11. The Morgan fingerprint density at radius 3 is 0.756 bits per heavy atom. The molecule has 5 saturated heterocycles. The van der Waals surface area contributed by atoms with Crippen molar-refractivity contribution in [1.29, 1.82) is 0 Å². The molecule has 776 valence electrons. The van der Waals surface area contributed by atoms with Gasteiger partial charge in [-0.1, -0.05) is 301 Å². The molecule has 0 amide bonds. The van der Waals surface area contributed by atoms with E-state index < -0.39 is 0 Å². The lowest BCUT2D eigenvalue weighted by Gasteiger charge is -2.32. The lowest BCUT2D eigenvalue weighted by atomic mass is 9.74. The third-order valence-corrected chi connectivity index (χ3v) is 29.1. The van der Waals surface area contributed by atoms with Crippen LogP contribution in [0.25, 0.3) is 0 Å². The van der Waals surface area contributed by atoms with E-state index in [1.54, 1.807) is 33.4 Å². The van der Waals surface area contributed by atoms with Crippen molar-refractivity contribution in [3.8, 4) is 0 Å². The molecule has 12 aliphatic rings. The highest BCUT2D eigenvalue weighted by atomic mass is 16.7. The highest BCUT2D eigenvalue weighted by Crippen LogP contribution is 2.38. The second kappa shape index (κ2) is 73.4. The number of ether oxygens (including phenoxy) is 8. The molecule has 0 aromatic heterocycles. The Kier molecular flexibility index (Phi) is 69.7. The van der Waals surface area contributed by atoms with Crippen molar-refractivity contribution >= 4 is 0 Å². The summed E-state index contributed by atoms with van der Waals surface area (Å²) in [7, 11) is 0. The van der Waals surface area contributed by atoms with Crippen LogP contribution >= 0.6 is 0 Å². The molecular weight excluding hydrogens is 1650 g/mol. The highest BCUT2D eigenvalue weighted by Gasteiger charge is 2.25. The van der Waals surface area contributed by atoms with Crippen LogP contribution in [0.2, 0.25) is 0 Å². The van der Waals surface area contributed by atoms with Crippen LogP contribution in [0.3, 0.4) is 0 Å². The van der Waals surface area contributed by atoms with E-state index in [0.29, 0.717) is 41.7 Å². The van der Waals surface area contributed by atoms with Crippen molar-refractivity contribution in [2.24, 2.45) is 82.3 Å². The topological polar surface area (TPSA) is 73.8 Å². The highest BCUT2D eigenvalue weighted by molar-refractivity contribution is 5.36. The molecule has 0 N–H and O–H groups in total. The van der Waals surface area contributed by atoms with Crippen LogP contribution in [0.4, 0.5) is 0 Å². The van der Waals surface area contributed by atoms with Gasteiger partial charge in [0.2, 0.25) is 0 Å². The van der Waals surface area contributed by atoms with E-state index >= 15 is 0 Å². The summed E-state index contributed by atoms with van der Waals surface area (Å²) in [5.74, 6) is 11.2. The van der Waals surface area contributed by atoms with Gasteiger partial charge in [-0.15, -0.1) is 0 Å². The second-order valence-electron chi connectivity index (χ2n) is 46.3. The van der Waals surface area contributed by atoms with Gasteiger partial charge in [0, 0.05) is 25.0 Å². The van der Waals surface area contributed by atoms with E-state index in [9.17, 15) is 0 Å². The molecule has 0 radical (unpaired) electrons. The molecule has 4 aromatic rings. The summed E-state index contributed by atoms with van der Waals surface area (Å²) >= 11 is 0. The predicted molar refractivity (Wildman–Crippen MR) is 593 cm³/mol. The maximum atomic E-state index is 5.39. The van der Waals surface area contributed by atoms with Crippen LogP contribution < -0.4 is 0 Å². The van der Waals surface area contributed by atoms with Crippen molar-refractivity contribution in [3.05, 3.63) is 197 Å².